The van der Waals surface area contributed by atoms with Crippen LogP contribution < -0.4 is 21.7 Å². The number of nitrogens with two attached hydrogens (primary N) is 1. The van der Waals surface area contributed by atoms with Crippen LogP contribution in [0.5, 0.6) is 0 Å². The molecule has 0 spiro atoms. The van der Waals surface area contributed by atoms with Gasteiger partial charge in [-0.3, -0.25) is 9.69 Å². The van der Waals surface area contributed by atoms with Crippen molar-refractivity contribution in [2.75, 3.05) is 75.8 Å². The Morgan fingerprint density at radius 1 is 1.12 bits per heavy atom. The zero-order valence-corrected chi connectivity index (χ0v) is 24.7. The van der Waals surface area contributed by atoms with E-state index in [-0.39, 0.29) is 17.4 Å². The number of hydrogen-bond donors (Lipinski definition) is 4. The van der Waals surface area contributed by atoms with Crippen LogP contribution >= 0.6 is 34.5 Å². The summed E-state index contributed by atoms with van der Waals surface area (Å²) >= 11 is 13.8. The number of nitrogen functional groups attached to an aromatic ring is 1. The Hall–Kier alpha value is -3.67. The number of halogens is 2. The van der Waals surface area contributed by atoms with Crippen LogP contribution in [0.4, 0.5) is 16.8 Å². The van der Waals surface area contributed by atoms with Gasteiger partial charge in [-0.25, -0.2) is 14.5 Å². The van der Waals surface area contributed by atoms with Crippen molar-refractivity contribution in [2.24, 2.45) is 0 Å². The molecule has 0 radical (unpaired) electrons. The molecule has 0 atom stereocenters. The number of nitrogens with one attached hydrogen (secondary N) is 3. The molecule has 4 aromatic rings. The number of nitriles is 1. The van der Waals surface area contributed by atoms with Crippen molar-refractivity contribution in [3.8, 4) is 17.3 Å². The predicted octanol–water partition coefficient (Wildman–Crippen LogP) is 3.11. The monoisotopic (exact) mass is 613 g/mol. The zero-order valence-electron chi connectivity index (χ0n) is 22.3. The minimum absolute atomic E-state index is 0.206. The average Bonchev–Trinajstić information content (AvgIpc) is 3.55. The zero-order chi connectivity index (χ0) is 28.9. The molecular formula is C26H29Cl2N11OS. The number of carbonyl (C=O) groups excluding carboxylic acids is 1. The fourth-order valence-electron chi connectivity index (χ4n) is 4.39. The number of carbonyl (C=O) groups is 1. The largest absolute Gasteiger partial charge is 0.382 e. The molecule has 0 unspecified atom stereocenters. The fraction of sp³-hybridized carbons (Fsp3) is 0.346. The molecule has 3 aromatic heterocycles. The minimum Gasteiger partial charge on any atom is -0.382 e. The topological polar surface area (TPSA) is 153 Å². The number of piperazine rings is 1. The van der Waals surface area contributed by atoms with Crippen LogP contribution in [0.3, 0.4) is 0 Å². The molecule has 1 fully saturated rings. The number of rotatable bonds is 10. The molecule has 0 saturated carbocycles. The highest BCUT2D eigenvalue weighted by atomic mass is 35.5. The first kappa shape index (κ1) is 28.8. The van der Waals surface area contributed by atoms with Crippen molar-refractivity contribution < 1.29 is 4.79 Å². The van der Waals surface area contributed by atoms with Crippen LogP contribution in [0.2, 0.25) is 10.0 Å². The van der Waals surface area contributed by atoms with Gasteiger partial charge in [0.15, 0.2) is 22.5 Å². The van der Waals surface area contributed by atoms with E-state index in [1.165, 1.54) is 11.3 Å². The van der Waals surface area contributed by atoms with Crippen molar-refractivity contribution in [1.82, 2.24) is 34.7 Å². The second-order valence-electron chi connectivity index (χ2n) is 9.56. The Morgan fingerprint density at radius 3 is 2.63 bits per heavy atom. The minimum atomic E-state index is -0.254. The Bertz CT molecular complexity index is 1590. The van der Waals surface area contributed by atoms with Gasteiger partial charge in [0, 0.05) is 69.0 Å². The van der Waals surface area contributed by atoms with Crippen LogP contribution in [0, 0.1) is 11.3 Å². The van der Waals surface area contributed by atoms with Crippen molar-refractivity contribution >= 4 is 62.7 Å². The third-order valence-electron chi connectivity index (χ3n) is 6.65. The first-order chi connectivity index (χ1) is 19.8. The second kappa shape index (κ2) is 12.9. The smallest absolute Gasteiger partial charge is 0.271 e. The van der Waals surface area contributed by atoms with Gasteiger partial charge in [-0.15, -0.1) is 0 Å². The van der Waals surface area contributed by atoms with Gasteiger partial charge in [0.25, 0.3) is 5.91 Å². The van der Waals surface area contributed by atoms with Crippen molar-refractivity contribution in [3.05, 3.63) is 51.1 Å². The van der Waals surface area contributed by atoms with Crippen LogP contribution in [0.15, 0.2) is 30.5 Å². The van der Waals surface area contributed by atoms with E-state index in [2.05, 4.69) is 42.9 Å². The summed E-state index contributed by atoms with van der Waals surface area (Å²) in [4.78, 5) is 27.0. The Balaban J connectivity index is 1.32. The highest BCUT2D eigenvalue weighted by Gasteiger charge is 2.18. The number of likely N-dealkylation sites (N-methyl/N-ethyl adjacent to an activating group) is 1. The lowest BCUT2D eigenvalue weighted by molar-refractivity contribution is 0.0935. The molecule has 1 aliphatic rings. The van der Waals surface area contributed by atoms with Gasteiger partial charge >= 0.3 is 0 Å². The van der Waals surface area contributed by atoms with E-state index >= 15 is 0 Å². The fourth-order valence-corrected chi connectivity index (χ4v) is 5.60. The molecule has 15 heteroatoms. The maximum absolute atomic E-state index is 13.0. The first-order valence-electron chi connectivity index (χ1n) is 13.0. The number of benzene rings is 1. The number of nitrogens with zero attached hydrogens (tertiary/aromatic N) is 7. The second-order valence-corrected chi connectivity index (χ2v) is 11.4. The molecule has 1 saturated heterocycles. The molecule has 5 N–H and O–H groups in total. The Morgan fingerprint density at radius 2 is 1.90 bits per heavy atom. The van der Waals surface area contributed by atoms with E-state index in [0.29, 0.717) is 62.3 Å². The summed E-state index contributed by atoms with van der Waals surface area (Å²) in [5.41, 5.74) is 7.90. The van der Waals surface area contributed by atoms with Gasteiger partial charge in [0.2, 0.25) is 0 Å². The molecular weight excluding hydrogens is 585 g/mol. The van der Waals surface area contributed by atoms with E-state index in [1.54, 1.807) is 35.0 Å². The summed E-state index contributed by atoms with van der Waals surface area (Å²) in [6.45, 7) is 6.28. The predicted molar refractivity (Wildman–Crippen MR) is 163 cm³/mol. The molecule has 214 valence electrons. The molecule has 5 rings (SSSR count). The highest BCUT2D eigenvalue weighted by Crippen LogP contribution is 2.31. The molecule has 1 aromatic carbocycles. The maximum atomic E-state index is 13.0. The summed E-state index contributed by atoms with van der Waals surface area (Å²) in [5.74, 6) is 0.476. The number of amides is 1. The molecule has 0 aliphatic carbocycles. The number of fused-ring (bicyclic) bond motifs is 1. The summed E-state index contributed by atoms with van der Waals surface area (Å²) in [6.07, 6.45) is 1.73. The third kappa shape index (κ3) is 6.98. The van der Waals surface area contributed by atoms with E-state index in [9.17, 15) is 4.79 Å². The van der Waals surface area contributed by atoms with E-state index in [4.69, 9.17) is 39.2 Å². The Kier molecular flexibility index (Phi) is 9.06. The van der Waals surface area contributed by atoms with Gasteiger partial charge in [-0.05, 0) is 25.2 Å². The van der Waals surface area contributed by atoms with Crippen molar-refractivity contribution in [1.29, 1.82) is 5.26 Å². The lowest BCUT2D eigenvalue weighted by Gasteiger charge is -2.32. The van der Waals surface area contributed by atoms with Crippen molar-refractivity contribution in [3.63, 3.8) is 0 Å². The Labute approximate surface area is 251 Å². The van der Waals surface area contributed by atoms with Gasteiger partial charge in [-0.1, -0.05) is 34.5 Å². The summed E-state index contributed by atoms with van der Waals surface area (Å²) in [6, 6.07) is 8.92. The van der Waals surface area contributed by atoms with E-state index < -0.39 is 0 Å². The summed E-state index contributed by atoms with van der Waals surface area (Å²) in [7, 11) is 2.12. The van der Waals surface area contributed by atoms with E-state index in [0.717, 1.165) is 32.7 Å². The van der Waals surface area contributed by atoms with Crippen LogP contribution in [0.1, 0.15) is 15.4 Å². The maximum Gasteiger partial charge on any atom is 0.271 e. The number of anilines is 3. The van der Waals surface area contributed by atoms with Crippen molar-refractivity contribution in [2.45, 2.75) is 0 Å². The van der Waals surface area contributed by atoms with Crippen LogP contribution in [-0.4, -0.2) is 94.7 Å². The molecule has 1 amide bonds. The van der Waals surface area contributed by atoms with Gasteiger partial charge < -0.3 is 26.6 Å². The number of aromatic nitrogens is 4. The molecule has 0 bridgehead atoms. The summed E-state index contributed by atoms with van der Waals surface area (Å²) < 4.78 is 1.62. The standard InChI is InChI=1S/C26H29Cl2N11OS/c1-37-8-10-38(11-9-37)7-6-32-25(40)19-13-21-24(31-4-5-33-26-35-23(30)22(14-29)41-26)34-20(15-39(21)36-19)17-3-2-16(27)12-18(17)28/h2-3,12-13,15H,4-11,30H2,1H3,(H,31,34)(H,32,40)(H,33,35). The van der Waals surface area contributed by atoms with Crippen LogP contribution in [0.25, 0.3) is 16.8 Å². The van der Waals surface area contributed by atoms with Gasteiger partial charge in [-0.2, -0.15) is 10.4 Å². The first-order valence-corrected chi connectivity index (χ1v) is 14.6. The molecule has 4 heterocycles. The SMILES string of the molecule is CN1CCN(CCNC(=O)c2cc3c(NCCNc4nc(N)c(C#N)s4)nc(-c4ccc(Cl)cc4Cl)cn3n2)CC1. The van der Waals surface area contributed by atoms with Gasteiger partial charge in [0.1, 0.15) is 16.5 Å². The normalized spacial score (nSPS) is 14.2. The molecule has 1 aliphatic heterocycles. The quantitative estimate of drug-likeness (QED) is 0.196. The third-order valence-corrected chi connectivity index (χ3v) is 8.13. The number of thiazole rings is 1. The lowest BCUT2D eigenvalue weighted by atomic mass is 10.1. The lowest BCUT2D eigenvalue weighted by Crippen LogP contribution is -2.46. The van der Waals surface area contributed by atoms with Gasteiger partial charge in [0.05, 0.1) is 16.9 Å². The average molecular weight is 615 g/mol. The van der Waals surface area contributed by atoms with E-state index in [1.807, 2.05) is 6.07 Å². The number of hydrogen-bond acceptors (Lipinski definition) is 11. The molecule has 41 heavy (non-hydrogen) atoms. The van der Waals surface area contributed by atoms with Crippen LogP contribution in [-0.2, 0) is 0 Å². The molecule has 12 nitrogen and oxygen atoms in total. The summed E-state index contributed by atoms with van der Waals surface area (Å²) in [5, 5.41) is 24.6. The highest BCUT2D eigenvalue weighted by molar-refractivity contribution is 7.16.